The van der Waals surface area contributed by atoms with Crippen LogP contribution in [-0.4, -0.2) is 4.98 Å². The Balaban J connectivity index is 2.50. The Bertz CT molecular complexity index is 372. The molecule has 1 aromatic rings. The number of aromatic nitrogens is 1. The SMILES string of the molecule is Cc1cc2c(nc1C(C)(C)C)CCCC2. The van der Waals surface area contributed by atoms with Gasteiger partial charge in [0.25, 0.3) is 0 Å². The Morgan fingerprint density at radius 2 is 1.80 bits per heavy atom. The van der Waals surface area contributed by atoms with Crippen molar-refractivity contribution in [3.63, 3.8) is 0 Å². The molecular formula is C14H21N. The van der Waals surface area contributed by atoms with Crippen LogP contribution in [0.2, 0.25) is 0 Å². The van der Waals surface area contributed by atoms with E-state index in [1.54, 1.807) is 0 Å². The molecule has 0 amide bonds. The summed E-state index contributed by atoms with van der Waals surface area (Å²) in [7, 11) is 0. The summed E-state index contributed by atoms with van der Waals surface area (Å²) < 4.78 is 0. The van der Waals surface area contributed by atoms with Crippen LogP contribution in [-0.2, 0) is 18.3 Å². The number of hydrogen-bond acceptors (Lipinski definition) is 1. The minimum absolute atomic E-state index is 0.177. The fraction of sp³-hybridized carbons (Fsp3) is 0.643. The molecule has 0 spiro atoms. The van der Waals surface area contributed by atoms with Crippen molar-refractivity contribution in [2.45, 2.75) is 58.8 Å². The lowest BCUT2D eigenvalue weighted by molar-refractivity contribution is 0.552. The molecule has 0 N–H and O–H groups in total. The molecule has 0 atom stereocenters. The first-order valence-corrected chi connectivity index (χ1v) is 5.98. The molecule has 0 aliphatic heterocycles. The fourth-order valence-corrected chi connectivity index (χ4v) is 2.51. The molecule has 0 unspecified atom stereocenters. The van der Waals surface area contributed by atoms with E-state index in [0.717, 1.165) is 0 Å². The van der Waals surface area contributed by atoms with Gasteiger partial charge in [-0.25, -0.2) is 0 Å². The Labute approximate surface area is 92.9 Å². The first-order valence-electron chi connectivity index (χ1n) is 5.98. The number of rotatable bonds is 0. The summed E-state index contributed by atoms with van der Waals surface area (Å²) in [6.45, 7) is 8.94. The summed E-state index contributed by atoms with van der Waals surface area (Å²) in [6.07, 6.45) is 5.06. The molecule has 0 radical (unpaired) electrons. The van der Waals surface area contributed by atoms with Gasteiger partial charge in [-0.1, -0.05) is 26.8 Å². The highest BCUT2D eigenvalue weighted by molar-refractivity contribution is 5.34. The number of aryl methyl sites for hydroxylation is 3. The van der Waals surface area contributed by atoms with Crippen molar-refractivity contribution in [3.05, 3.63) is 28.6 Å². The van der Waals surface area contributed by atoms with E-state index >= 15 is 0 Å². The van der Waals surface area contributed by atoms with Crippen molar-refractivity contribution in [2.75, 3.05) is 0 Å². The predicted molar refractivity (Wildman–Crippen MR) is 64.3 cm³/mol. The monoisotopic (exact) mass is 203 g/mol. The quantitative estimate of drug-likeness (QED) is 0.628. The second-order valence-corrected chi connectivity index (χ2v) is 5.72. The molecule has 1 aliphatic rings. The predicted octanol–water partition coefficient (Wildman–Crippen LogP) is 3.57. The zero-order chi connectivity index (χ0) is 11.1. The molecule has 0 saturated carbocycles. The maximum atomic E-state index is 4.88. The van der Waals surface area contributed by atoms with Crippen LogP contribution < -0.4 is 0 Å². The van der Waals surface area contributed by atoms with E-state index in [2.05, 4.69) is 33.8 Å². The third-order valence-corrected chi connectivity index (χ3v) is 3.20. The van der Waals surface area contributed by atoms with Gasteiger partial charge in [-0.15, -0.1) is 0 Å². The van der Waals surface area contributed by atoms with Gasteiger partial charge < -0.3 is 0 Å². The van der Waals surface area contributed by atoms with Gasteiger partial charge >= 0.3 is 0 Å². The number of pyridine rings is 1. The summed E-state index contributed by atoms with van der Waals surface area (Å²) in [4.78, 5) is 4.88. The second kappa shape index (κ2) is 3.62. The van der Waals surface area contributed by atoms with Gasteiger partial charge in [-0.05, 0) is 43.7 Å². The molecule has 1 aromatic heterocycles. The highest BCUT2D eigenvalue weighted by Crippen LogP contribution is 2.28. The van der Waals surface area contributed by atoms with E-state index in [9.17, 15) is 0 Å². The van der Waals surface area contributed by atoms with E-state index in [-0.39, 0.29) is 5.41 Å². The van der Waals surface area contributed by atoms with Crippen LogP contribution in [0.15, 0.2) is 6.07 Å². The van der Waals surface area contributed by atoms with Gasteiger partial charge in [0.2, 0.25) is 0 Å². The zero-order valence-electron chi connectivity index (χ0n) is 10.4. The average molecular weight is 203 g/mol. The van der Waals surface area contributed by atoms with Crippen molar-refractivity contribution in [3.8, 4) is 0 Å². The van der Waals surface area contributed by atoms with Crippen LogP contribution in [0.5, 0.6) is 0 Å². The van der Waals surface area contributed by atoms with Gasteiger partial charge in [-0.2, -0.15) is 0 Å². The lowest BCUT2D eigenvalue weighted by atomic mass is 9.86. The minimum atomic E-state index is 0.177. The zero-order valence-corrected chi connectivity index (χ0v) is 10.4. The third-order valence-electron chi connectivity index (χ3n) is 3.20. The van der Waals surface area contributed by atoms with Crippen molar-refractivity contribution in [1.29, 1.82) is 0 Å². The number of fused-ring (bicyclic) bond motifs is 1. The maximum Gasteiger partial charge on any atom is 0.0489 e. The molecule has 2 rings (SSSR count). The normalized spacial score (nSPS) is 16.3. The number of hydrogen-bond donors (Lipinski definition) is 0. The van der Waals surface area contributed by atoms with E-state index in [1.807, 2.05) is 0 Å². The van der Waals surface area contributed by atoms with Crippen LogP contribution in [0.1, 0.15) is 56.1 Å². The molecule has 1 aliphatic carbocycles. The Hall–Kier alpha value is -0.850. The summed E-state index contributed by atoms with van der Waals surface area (Å²) >= 11 is 0. The Morgan fingerprint density at radius 1 is 1.13 bits per heavy atom. The van der Waals surface area contributed by atoms with Crippen LogP contribution in [0.25, 0.3) is 0 Å². The fourth-order valence-electron chi connectivity index (χ4n) is 2.51. The molecule has 0 saturated heterocycles. The molecule has 0 fully saturated rings. The smallest absolute Gasteiger partial charge is 0.0489 e. The molecular weight excluding hydrogens is 182 g/mol. The maximum absolute atomic E-state index is 4.88. The summed E-state index contributed by atoms with van der Waals surface area (Å²) in [6, 6.07) is 2.36. The summed E-state index contributed by atoms with van der Waals surface area (Å²) in [5.74, 6) is 0. The first kappa shape index (κ1) is 10.7. The van der Waals surface area contributed by atoms with Crippen molar-refractivity contribution in [1.82, 2.24) is 4.98 Å². The number of nitrogens with zero attached hydrogens (tertiary/aromatic N) is 1. The van der Waals surface area contributed by atoms with Gasteiger partial charge in [0.05, 0.1) is 0 Å². The largest absolute Gasteiger partial charge is 0.257 e. The van der Waals surface area contributed by atoms with E-state index < -0.39 is 0 Å². The Morgan fingerprint density at radius 3 is 2.47 bits per heavy atom. The standard InChI is InChI=1S/C14H21N/c1-10-9-11-7-5-6-8-12(11)15-13(10)14(2,3)4/h9H,5-8H2,1-4H3. The first-order chi connectivity index (χ1) is 6.98. The van der Waals surface area contributed by atoms with Crippen molar-refractivity contribution < 1.29 is 0 Å². The second-order valence-electron chi connectivity index (χ2n) is 5.72. The molecule has 1 nitrogen and oxygen atoms in total. The Kier molecular flexibility index (Phi) is 2.57. The molecule has 1 heterocycles. The summed E-state index contributed by atoms with van der Waals surface area (Å²) in [5, 5.41) is 0. The minimum Gasteiger partial charge on any atom is -0.257 e. The van der Waals surface area contributed by atoms with Crippen molar-refractivity contribution >= 4 is 0 Å². The summed E-state index contributed by atoms with van der Waals surface area (Å²) in [5.41, 5.74) is 5.67. The molecule has 82 valence electrons. The van der Waals surface area contributed by atoms with E-state index in [0.29, 0.717) is 0 Å². The lowest BCUT2D eigenvalue weighted by Gasteiger charge is -2.24. The van der Waals surface area contributed by atoms with Gasteiger partial charge in [0, 0.05) is 16.8 Å². The van der Waals surface area contributed by atoms with Crippen LogP contribution in [0.4, 0.5) is 0 Å². The van der Waals surface area contributed by atoms with Crippen LogP contribution in [0.3, 0.4) is 0 Å². The lowest BCUT2D eigenvalue weighted by Crippen LogP contribution is -2.19. The average Bonchev–Trinajstić information content (AvgIpc) is 2.15. The van der Waals surface area contributed by atoms with Gasteiger partial charge in [-0.3, -0.25) is 4.98 Å². The van der Waals surface area contributed by atoms with Crippen LogP contribution in [0, 0.1) is 6.92 Å². The van der Waals surface area contributed by atoms with Crippen molar-refractivity contribution in [2.24, 2.45) is 0 Å². The topological polar surface area (TPSA) is 12.9 Å². The highest BCUT2D eigenvalue weighted by Gasteiger charge is 2.21. The molecule has 15 heavy (non-hydrogen) atoms. The third kappa shape index (κ3) is 2.06. The van der Waals surface area contributed by atoms with E-state index in [1.165, 1.54) is 48.2 Å². The van der Waals surface area contributed by atoms with E-state index in [4.69, 9.17) is 4.98 Å². The highest BCUT2D eigenvalue weighted by atomic mass is 14.7. The molecule has 0 bridgehead atoms. The van der Waals surface area contributed by atoms with Crippen LogP contribution >= 0.6 is 0 Å². The molecule has 0 aromatic carbocycles. The molecule has 1 heteroatoms. The van der Waals surface area contributed by atoms with Gasteiger partial charge in [0.1, 0.15) is 0 Å². The van der Waals surface area contributed by atoms with Gasteiger partial charge in [0.15, 0.2) is 0 Å².